The molecule has 38 heavy (non-hydrogen) atoms. The van der Waals surface area contributed by atoms with Gasteiger partial charge in [0.05, 0.1) is 49.7 Å². The Kier molecular flexibility index (Phi) is 8.81. The average molecular weight is 554 g/mol. The van der Waals surface area contributed by atoms with Gasteiger partial charge < -0.3 is 19.5 Å². The number of aromatic nitrogens is 2. The number of carbonyl (C=O) groups is 1. The smallest absolute Gasteiger partial charge is 0.262 e. The number of carbonyl (C=O) groups excluding carboxylic acids is 1. The standard InChI is InChI=1S/C28H28ClN3O5S/c1-5-25(26(33)30-20-8-6-7-9-22(20)35-2)38-28-31-21-15-24(37-4)23(36-3)14-19(21)27(34)32(28)16-17-10-12-18(29)13-11-17/h6-15,25H,5,16H2,1-4H3,(H,30,33)/t25-/m1/s1. The van der Waals surface area contributed by atoms with E-state index in [9.17, 15) is 9.59 Å². The van der Waals surface area contributed by atoms with E-state index in [0.717, 1.165) is 5.56 Å². The molecule has 4 rings (SSSR count). The van der Waals surface area contributed by atoms with Crippen molar-refractivity contribution in [2.24, 2.45) is 0 Å². The molecule has 0 unspecified atom stereocenters. The van der Waals surface area contributed by atoms with Gasteiger partial charge in [0, 0.05) is 11.1 Å². The number of rotatable bonds is 10. The maximum absolute atomic E-state index is 13.8. The van der Waals surface area contributed by atoms with E-state index in [0.29, 0.717) is 50.4 Å². The minimum Gasteiger partial charge on any atom is -0.495 e. The van der Waals surface area contributed by atoms with Crippen LogP contribution in [0, 0.1) is 0 Å². The summed E-state index contributed by atoms with van der Waals surface area (Å²) in [6.07, 6.45) is 0.506. The first-order valence-electron chi connectivity index (χ1n) is 11.9. The van der Waals surface area contributed by atoms with Crippen LogP contribution >= 0.6 is 23.4 Å². The molecule has 0 aliphatic rings. The molecule has 1 atom stereocenters. The predicted octanol–water partition coefficient (Wildman–Crippen LogP) is 5.63. The summed E-state index contributed by atoms with van der Waals surface area (Å²) in [7, 11) is 4.59. The van der Waals surface area contributed by atoms with Crippen molar-refractivity contribution in [1.82, 2.24) is 9.55 Å². The quantitative estimate of drug-likeness (QED) is 0.201. The van der Waals surface area contributed by atoms with Crippen LogP contribution in [0.5, 0.6) is 17.2 Å². The van der Waals surface area contributed by atoms with Crippen molar-refractivity contribution in [3.8, 4) is 17.2 Å². The third-order valence-corrected chi connectivity index (χ3v) is 7.56. The molecule has 4 aromatic rings. The Morgan fingerprint density at radius 3 is 2.32 bits per heavy atom. The molecule has 1 aromatic heterocycles. The van der Waals surface area contributed by atoms with Gasteiger partial charge in [0.15, 0.2) is 16.7 Å². The summed E-state index contributed by atoms with van der Waals surface area (Å²) < 4.78 is 17.8. The second-order valence-electron chi connectivity index (χ2n) is 8.34. The number of para-hydroxylation sites is 2. The SMILES string of the molecule is CC[C@@H](Sc1nc2cc(OC)c(OC)cc2c(=O)n1Cc1ccc(Cl)cc1)C(=O)Nc1ccccc1OC. The van der Waals surface area contributed by atoms with E-state index in [4.69, 9.17) is 30.8 Å². The summed E-state index contributed by atoms with van der Waals surface area (Å²) in [5.41, 5.74) is 1.63. The number of halogens is 1. The van der Waals surface area contributed by atoms with Crippen LogP contribution in [-0.2, 0) is 11.3 Å². The number of hydrogen-bond donors (Lipinski definition) is 1. The van der Waals surface area contributed by atoms with Gasteiger partial charge in [0.2, 0.25) is 5.91 Å². The fourth-order valence-corrected chi connectivity index (χ4v) is 5.08. The van der Waals surface area contributed by atoms with Gasteiger partial charge >= 0.3 is 0 Å². The molecule has 0 spiro atoms. The summed E-state index contributed by atoms with van der Waals surface area (Å²) in [6, 6.07) is 17.8. The molecule has 0 saturated carbocycles. The van der Waals surface area contributed by atoms with E-state index in [1.165, 1.54) is 26.0 Å². The van der Waals surface area contributed by atoms with E-state index < -0.39 is 5.25 Å². The Hall–Kier alpha value is -3.69. The number of methoxy groups -OCH3 is 3. The molecule has 1 amide bonds. The summed E-state index contributed by atoms with van der Waals surface area (Å²) in [5, 5.41) is 3.81. The minimum atomic E-state index is -0.527. The Morgan fingerprint density at radius 1 is 1.00 bits per heavy atom. The van der Waals surface area contributed by atoms with Crippen molar-refractivity contribution in [3.05, 3.63) is 81.6 Å². The van der Waals surface area contributed by atoms with Crippen molar-refractivity contribution in [1.29, 1.82) is 0 Å². The van der Waals surface area contributed by atoms with E-state index in [1.54, 1.807) is 48.1 Å². The van der Waals surface area contributed by atoms with Crippen LogP contribution in [-0.4, -0.2) is 42.0 Å². The Bertz CT molecular complexity index is 1510. The molecule has 1 N–H and O–H groups in total. The number of nitrogens with zero attached hydrogens (tertiary/aromatic N) is 2. The zero-order chi connectivity index (χ0) is 27.2. The monoisotopic (exact) mass is 553 g/mol. The fourth-order valence-electron chi connectivity index (χ4n) is 3.94. The van der Waals surface area contributed by atoms with Crippen LogP contribution < -0.4 is 25.1 Å². The van der Waals surface area contributed by atoms with Crippen molar-refractivity contribution in [2.45, 2.75) is 30.3 Å². The normalized spacial score (nSPS) is 11.7. The van der Waals surface area contributed by atoms with E-state index in [-0.39, 0.29) is 18.0 Å². The van der Waals surface area contributed by atoms with Gasteiger partial charge in [0.1, 0.15) is 5.75 Å². The van der Waals surface area contributed by atoms with Gasteiger partial charge in [-0.2, -0.15) is 0 Å². The predicted molar refractivity (Wildman–Crippen MR) is 151 cm³/mol. The second kappa shape index (κ2) is 12.2. The number of anilines is 1. The summed E-state index contributed by atoms with van der Waals surface area (Å²) in [4.78, 5) is 31.9. The summed E-state index contributed by atoms with van der Waals surface area (Å²) in [6.45, 7) is 2.16. The molecular formula is C28H28ClN3O5S. The maximum atomic E-state index is 13.8. The lowest BCUT2D eigenvalue weighted by atomic mass is 10.2. The molecular weight excluding hydrogens is 526 g/mol. The molecule has 1 heterocycles. The number of ether oxygens (including phenoxy) is 3. The first kappa shape index (κ1) is 27.3. The van der Waals surface area contributed by atoms with Crippen molar-refractivity contribution < 1.29 is 19.0 Å². The summed E-state index contributed by atoms with van der Waals surface area (Å²) in [5.74, 6) is 1.23. The van der Waals surface area contributed by atoms with E-state index in [1.807, 2.05) is 31.2 Å². The first-order valence-corrected chi connectivity index (χ1v) is 13.2. The Morgan fingerprint density at radius 2 is 1.66 bits per heavy atom. The van der Waals surface area contributed by atoms with Gasteiger partial charge in [-0.3, -0.25) is 14.2 Å². The third kappa shape index (κ3) is 5.89. The first-order chi connectivity index (χ1) is 18.4. The molecule has 0 aliphatic carbocycles. The van der Waals surface area contributed by atoms with E-state index in [2.05, 4.69) is 5.32 Å². The lowest BCUT2D eigenvalue weighted by Gasteiger charge is -2.19. The Balaban J connectivity index is 1.77. The van der Waals surface area contributed by atoms with Crippen molar-refractivity contribution in [3.63, 3.8) is 0 Å². The molecule has 0 radical (unpaired) electrons. The van der Waals surface area contributed by atoms with Crippen LogP contribution in [0.2, 0.25) is 5.02 Å². The van der Waals surface area contributed by atoms with Gasteiger partial charge in [-0.05, 0) is 42.3 Å². The molecule has 8 nitrogen and oxygen atoms in total. The number of nitrogens with one attached hydrogen (secondary N) is 1. The van der Waals surface area contributed by atoms with Crippen LogP contribution in [0.4, 0.5) is 5.69 Å². The molecule has 0 aliphatic heterocycles. The van der Waals surface area contributed by atoms with E-state index >= 15 is 0 Å². The molecule has 10 heteroatoms. The number of benzene rings is 3. The topological polar surface area (TPSA) is 91.7 Å². The van der Waals surface area contributed by atoms with Crippen LogP contribution in [0.25, 0.3) is 10.9 Å². The van der Waals surface area contributed by atoms with Gasteiger partial charge in [-0.25, -0.2) is 4.98 Å². The van der Waals surface area contributed by atoms with Crippen molar-refractivity contribution >= 4 is 45.9 Å². The lowest BCUT2D eigenvalue weighted by Crippen LogP contribution is -2.28. The molecule has 0 saturated heterocycles. The molecule has 0 bridgehead atoms. The number of hydrogen-bond acceptors (Lipinski definition) is 7. The average Bonchev–Trinajstić information content (AvgIpc) is 2.94. The second-order valence-corrected chi connectivity index (χ2v) is 9.95. The molecule has 0 fully saturated rings. The highest BCUT2D eigenvalue weighted by Gasteiger charge is 2.24. The van der Waals surface area contributed by atoms with Gasteiger partial charge in [0.25, 0.3) is 5.56 Å². The largest absolute Gasteiger partial charge is 0.495 e. The molecule has 3 aromatic carbocycles. The number of fused-ring (bicyclic) bond motifs is 1. The number of thioether (sulfide) groups is 1. The highest BCUT2D eigenvalue weighted by Crippen LogP contribution is 2.33. The highest BCUT2D eigenvalue weighted by atomic mass is 35.5. The van der Waals surface area contributed by atoms with Gasteiger partial charge in [-0.1, -0.05) is 54.6 Å². The molecule has 198 valence electrons. The third-order valence-electron chi connectivity index (χ3n) is 5.95. The minimum absolute atomic E-state index is 0.221. The number of amides is 1. The Labute approximate surface area is 229 Å². The summed E-state index contributed by atoms with van der Waals surface area (Å²) >= 11 is 7.30. The van der Waals surface area contributed by atoms with Crippen LogP contribution in [0.1, 0.15) is 18.9 Å². The fraction of sp³-hybridized carbons (Fsp3) is 0.250. The van der Waals surface area contributed by atoms with Crippen LogP contribution in [0.15, 0.2) is 70.6 Å². The maximum Gasteiger partial charge on any atom is 0.262 e. The highest BCUT2D eigenvalue weighted by molar-refractivity contribution is 8.00. The van der Waals surface area contributed by atoms with Crippen molar-refractivity contribution in [2.75, 3.05) is 26.6 Å². The zero-order valence-electron chi connectivity index (χ0n) is 21.5. The zero-order valence-corrected chi connectivity index (χ0v) is 23.1. The van der Waals surface area contributed by atoms with Crippen LogP contribution in [0.3, 0.4) is 0 Å². The lowest BCUT2D eigenvalue weighted by molar-refractivity contribution is -0.115. The van der Waals surface area contributed by atoms with Gasteiger partial charge in [-0.15, -0.1) is 0 Å².